The number of fused-ring (bicyclic) bond motifs is 1. The van der Waals surface area contributed by atoms with Crippen molar-refractivity contribution in [3.8, 4) is 5.75 Å². The number of para-hydroxylation sites is 1. The standard InChI is InChI=1S/C17H16O3/c1-19-11-12-6-8-13(9-7-12)17-10-15(18)14-4-2-3-5-16(14)20-17/h2-9,17H,10-11H2,1H3. The van der Waals surface area contributed by atoms with Gasteiger partial charge in [0.05, 0.1) is 18.6 Å². The van der Waals surface area contributed by atoms with Crippen molar-refractivity contribution in [1.82, 2.24) is 0 Å². The number of Topliss-reactive ketones (excluding diaryl/α,β-unsaturated/α-hetero) is 1. The van der Waals surface area contributed by atoms with Gasteiger partial charge in [-0.3, -0.25) is 4.79 Å². The summed E-state index contributed by atoms with van der Waals surface area (Å²) in [6.07, 6.45) is 0.190. The van der Waals surface area contributed by atoms with Crippen LogP contribution in [0.2, 0.25) is 0 Å². The number of methoxy groups -OCH3 is 1. The van der Waals surface area contributed by atoms with Crippen molar-refractivity contribution in [2.45, 2.75) is 19.1 Å². The second-order valence-electron chi connectivity index (χ2n) is 4.90. The highest BCUT2D eigenvalue weighted by atomic mass is 16.5. The molecule has 3 rings (SSSR count). The van der Waals surface area contributed by atoms with Gasteiger partial charge >= 0.3 is 0 Å². The van der Waals surface area contributed by atoms with Crippen LogP contribution in [0, 0.1) is 0 Å². The Hall–Kier alpha value is -2.13. The van der Waals surface area contributed by atoms with Crippen LogP contribution in [0.1, 0.15) is 34.0 Å². The molecule has 0 spiro atoms. The van der Waals surface area contributed by atoms with E-state index in [0.717, 1.165) is 11.1 Å². The Morgan fingerprint density at radius 1 is 1.15 bits per heavy atom. The highest BCUT2D eigenvalue weighted by Crippen LogP contribution is 2.34. The lowest BCUT2D eigenvalue weighted by molar-refractivity contribution is 0.0850. The molecule has 1 aliphatic heterocycles. The van der Waals surface area contributed by atoms with Crippen molar-refractivity contribution in [3.05, 3.63) is 65.2 Å². The summed E-state index contributed by atoms with van der Waals surface area (Å²) >= 11 is 0. The maximum Gasteiger partial charge on any atom is 0.170 e. The van der Waals surface area contributed by atoms with Crippen molar-refractivity contribution in [2.75, 3.05) is 7.11 Å². The highest BCUT2D eigenvalue weighted by molar-refractivity contribution is 5.99. The lowest BCUT2D eigenvalue weighted by Gasteiger charge is -2.25. The van der Waals surface area contributed by atoms with E-state index in [-0.39, 0.29) is 11.9 Å². The van der Waals surface area contributed by atoms with Crippen LogP contribution in [0.25, 0.3) is 0 Å². The fraction of sp³-hybridized carbons (Fsp3) is 0.235. The van der Waals surface area contributed by atoms with Crippen LogP contribution in [0.4, 0.5) is 0 Å². The van der Waals surface area contributed by atoms with Crippen molar-refractivity contribution < 1.29 is 14.3 Å². The first-order valence-corrected chi connectivity index (χ1v) is 6.64. The van der Waals surface area contributed by atoms with Gasteiger partial charge in [-0.05, 0) is 23.3 Å². The van der Waals surface area contributed by atoms with E-state index in [2.05, 4.69) is 0 Å². The Morgan fingerprint density at radius 2 is 1.90 bits per heavy atom. The molecule has 0 saturated carbocycles. The van der Waals surface area contributed by atoms with Crippen molar-refractivity contribution in [1.29, 1.82) is 0 Å². The fourth-order valence-corrected chi connectivity index (χ4v) is 2.45. The number of carbonyl (C=O) groups excluding carboxylic acids is 1. The minimum Gasteiger partial charge on any atom is -0.484 e. The largest absolute Gasteiger partial charge is 0.484 e. The van der Waals surface area contributed by atoms with E-state index >= 15 is 0 Å². The molecule has 0 fully saturated rings. The van der Waals surface area contributed by atoms with E-state index in [1.807, 2.05) is 48.5 Å². The van der Waals surface area contributed by atoms with Gasteiger partial charge in [0.2, 0.25) is 0 Å². The molecule has 102 valence electrons. The molecule has 20 heavy (non-hydrogen) atoms. The van der Waals surface area contributed by atoms with Crippen LogP contribution in [0.3, 0.4) is 0 Å². The number of hydrogen-bond acceptors (Lipinski definition) is 3. The molecule has 0 saturated heterocycles. The van der Waals surface area contributed by atoms with Crippen LogP contribution in [-0.4, -0.2) is 12.9 Å². The average molecular weight is 268 g/mol. The maximum atomic E-state index is 12.1. The second-order valence-corrected chi connectivity index (χ2v) is 4.90. The van der Waals surface area contributed by atoms with Gasteiger partial charge in [0.15, 0.2) is 5.78 Å². The van der Waals surface area contributed by atoms with Crippen LogP contribution >= 0.6 is 0 Å². The Labute approximate surface area is 118 Å². The van der Waals surface area contributed by atoms with Crippen LogP contribution in [-0.2, 0) is 11.3 Å². The zero-order valence-corrected chi connectivity index (χ0v) is 11.3. The fourth-order valence-electron chi connectivity index (χ4n) is 2.45. The van der Waals surface area contributed by atoms with Crippen LogP contribution < -0.4 is 4.74 Å². The molecule has 0 aromatic heterocycles. The van der Waals surface area contributed by atoms with Gasteiger partial charge in [0.1, 0.15) is 11.9 Å². The summed E-state index contributed by atoms with van der Waals surface area (Å²) in [6.45, 7) is 0.591. The Bertz CT molecular complexity index is 616. The average Bonchev–Trinajstić information content (AvgIpc) is 2.48. The molecule has 3 nitrogen and oxygen atoms in total. The number of ketones is 1. The topological polar surface area (TPSA) is 35.5 Å². The van der Waals surface area contributed by atoms with Crippen molar-refractivity contribution >= 4 is 5.78 Å². The van der Waals surface area contributed by atoms with Crippen LogP contribution in [0.5, 0.6) is 5.75 Å². The molecule has 0 N–H and O–H groups in total. The van der Waals surface area contributed by atoms with E-state index in [4.69, 9.17) is 9.47 Å². The second kappa shape index (κ2) is 5.47. The van der Waals surface area contributed by atoms with Gasteiger partial charge in [-0.1, -0.05) is 36.4 Å². The van der Waals surface area contributed by atoms with Crippen LogP contribution in [0.15, 0.2) is 48.5 Å². The molecule has 2 aromatic carbocycles. The van der Waals surface area contributed by atoms with Gasteiger partial charge in [-0.15, -0.1) is 0 Å². The normalized spacial score (nSPS) is 17.4. The van der Waals surface area contributed by atoms with Gasteiger partial charge in [-0.2, -0.15) is 0 Å². The molecule has 0 bridgehead atoms. The van der Waals surface area contributed by atoms with E-state index in [1.165, 1.54) is 0 Å². The van der Waals surface area contributed by atoms with Gasteiger partial charge in [-0.25, -0.2) is 0 Å². The molecule has 1 unspecified atom stereocenters. The Kier molecular flexibility index (Phi) is 3.52. The van der Waals surface area contributed by atoms with Gasteiger partial charge < -0.3 is 9.47 Å². The first kappa shape index (κ1) is 12.9. The number of carbonyl (C=O) groups is 1. The molecular weight excluding hydrogens is 252 g/mol. The number of hydrogen-bond donors (Lipinski definition) is 0. The zero-order chi connectivity index (χ0) is 13.9. The minimum absolute atomic E-state index is 0.137. The molecule has 2 aromatic rings. The number of rotatable bonds is 3. The third kappa shape index (κ3) is 2.45. The smallest absolute Gasteiger partial charge is 0.170 e. The predicted molar refractivity (Wildman–Crippen MR) is 75.9 cm³/mol. The molecule has 1 aliphatic rings. The molecule has 0 aliphatic carbocycles. The Balaban J connectivity index is 1.84. The third-order valence-electron chi connectivity index (χ3n) is 3.49. The number of benzene rings is 2. The monoisotopic (exact) mass is 268 g/mol. The summed E-state index contributed by atoms with van der Waals surface area (Å²) in [6, 6.07) is 15.4. The molecule has 0 radical (unpaired) electrons. The first-order chi connectivity index (χ1) is 9.78. The lowest BCUT2D eigenvalue weighted by atomic mass is 9.96. The van der Waals surface area contributed by atoms with E-state index in [0.29, 0.717) is 24.3 Å². The summed E-state index contributed by atoms with van der Waals surface area (Å²) in [7, 11) is 1.67. The van der Waals surface area contributed by atoms with E-state index in [9.17, 15) is 4.79 Å². The quantitative estimate of drug-likeness (QED) is 0.854. The molecule has 1 heterocycles. The van der Waals surface area contributed by atoms with Crippen molar-refractivity contribution in [3.63, 3.8) is 0 Å². The maximum absolute atomic E-state index is 12.1. The minimum atomic E-state index is -0.200. The van der Waals surface area contributed by atoms with Gasteiger partial charge in [0, 0.05) is 7.11 Å². The Morgan fingerprint density at radius 3 is 2.65 bits per heavy atom. The summed E-state index contributed by atoms with van der Waals surface area (Å²) in [5, 5.41) is 0. The molecule has 0 amide bonds. The SMILES string of the molecule is COCc1ccc(C2CC(=O)c3ccccc3O2)cc1. The summed E-state index contributed by atoms with van der Waals surface area (Å²) in [5.74, 6) is 0.813. The number of ether oxygens (including phenoxy) is 2. The summed E-state index contributed by atoms with van der Waals surface area (Å²) < 4.78 is 11.0. The van der Waals surface area contributed by atoms with Crippen molar-refractivity contribution in [2.24, 2.45) is 0 Å². The van der Waals surface area contributed by atoms with E-state index < -0.39 is 0 Å². The molecule has 1 atom stereocenters. The first-order valence-electron chi connectivity index (χ1n) is 6.64. The zero-order valence-electron chi connectivity index (χ0n) is 11.3. The summed E-state index contributed by atoms with van der Waals surface area (Å²) in [5.41, 5.74) is 2.81. The highest BCUT2D eigenvalue weighted by Gasteiger charge is 2.27. The summed E-state index contributed by atoms with van der Waals surface area (Å²) in [4.78, 5) is 12.1. The predicted octanol–water partition coefficient (Wildman–Crippen LogP) is 3.54. The van der Waals surface area contributed by atoms with Gasteiger partial charge in [0.25, 0.3) is 0 Å². The molecular formula is C17H16O3. The lowest BCUT2D eigenvalue weighted by Crippen LogP contribution is -2.20. The van der Waals surface area contributed by atoms with E-state index in [1.54, 1.807) is 7.11 Å². The molecule has 3 heteroatoms. The third-order valence-corrected chi connectivity index (χ3v) is 3.49.